The van der Waals surface area contributed by atoms with Gasteiger partial charge in [0.25, 0.3) is 0 Å². The lowest BCUT2D eigenvalue weighted by Crippen LogP contribution is -2.36. The summed E-state index contributed by atoms with van der Waals surface area (Å²) in [5, 5.41) is 0. The molecule has 0 aliphatic rings. The second kappa shape index (κ2) is 16.3. The van der Waals surface area contributed by atoms with Gasteiger partial charge in [0, 0.05) is 22.8 Å². The van der Waals surface area contributed by atoms with Gasteiger partial charge in [-0.15, -0.1) is 0 Å². The van der Waals surface area contributed by atoms with E-state index >= 15 is 0 Å². The minimum absolute atomic E-state index is 0.245. The van der Waals surface area contributed by atoms with Gasteiger partial charge in [-0.1, -0.05) is 6.07 Å². The van der Waals surface area contributed by atoms with E-state index in [0.717, 1.165) is 51.0 Å². The number of carbonyl (C=O) groups is 3. The molecule has 260 valence electrons. The number of aromatic nitrogens is 2. The summed E-state index contributed by atoms with van der Waals surface area (Å²) in [6, 6.07) is 29.0. The maximum absolute atomic E-state index is 12.4. The predicted molar refractivity (Wildman–Crippen MR) is 187 cm³/mol. The number of esters is 3. The monoisotopic (exact) mass is 681 g/mol. The van der Waals surface area contributed by atoms with Crippen molar-refractivity contribution in [3.05, 3.63) is 108 Å². The molecule has 12 heteroatoms. The van der Waals surface area contributed by atoms with E-state index in [1.54, 1.807) is 26.4 Å². The number of rotatable bonds is 15. The largest absolute Gasteiger partial charge is 0.497 e. The number of hydrogen-bond donors (Lipinski definition) is 2. The van der Waals surface area contributed by atoms with Crippen LogP contribution in [0.5, 0.6) is 17.2 Å². The highest BCUT2D eigenvalue weighted by Gasteiger charge is 2.26. The predicted octanol–water partition coefficient (Wildman–Crippen LogP) is 5.58. The van der Waals surface area contributed by atoms with Crippen molar-refractivity contribution in [3.63, 3.8) is 0 Å². The number of nitrogens with zero attached hydrogens (tertiary/aromatic N) is 1. The van der Waals surface area contributed by atoms with Crippen molar-refractivity contribution >= 4 is 23.6 Å². The van der Waals surface area contributed by atoms with Crippen molar-refractivity contribution in [2.24, 2.45) is 0 Å². The molecule has 2 heterocycles. The number of aromatic amines is 2. The normalized spacial score (nSPS) is 10.8. The number of methoxy groups -OCH3 is 5. The Morgan fingerprint density at radius 3 is 1.52 bits per heavy atom. The van der Waals surface area contributed by atoms with Crippen LogP contribution in [-0.2, 0) is 28.6 Å². The first-order chi connectivity index (χ1) is 24.3. The zero-order valence-corrected chi connectivity index (χ0v) is 28.5. The number of hydrogen-bond acceptors (Lipinski definition) is 10. The van der Waals surface area contributed by atoms with Gasteiger partial charge >= 0.3 is 17.9 Å². The second-order valence-corrected chi connectivity index (χ2v) is 11.1. The van der Waals surface area contributed by atoms with Gasteiger partial charge in [-0.25, -0.2) is 4.79 Å². The van der Waals surface area contributed by atoms with Gasteiger partial charge in [0.05, 0.1) is 47.2 Å². The Morgan fingerprint density at radius 1 is 0.600 bits per heavy atom. The molecule has 0 bridgehead atoms. The molecule has 2 aromatic heterocycles. The summed E-state index contributed by atoms with van der Waals surface area (Å²) in [7, 11) is 7.03. The molecule has 0 atom stereocenters. The summed E-state index contributed by atoms with van der Waals surface area (Å²) in [5.41, 5.74) is 6.64. The maximum atomic E-state index is 12.4. The van der Waals surface area contributed by atoms with Crippen molar-refractivity contribution in [2.75, 3.05) is 60.1 Å². The maximum Gasteiger partial charge on any atom is 0.343 e. The van der Waals surface area contributed by atoms with Crippen LogP contribution in [-0.4, -0.2) is 83.1 Å². The zero-order valence-electron chi connectivity index (χ0n) is 28.5. The molecule has 0 fully saturated rings. The standard InChI is InChI=1S/C38H39N3O9/c1-45-27-11-6-24(7-12-27)29-15-17-31(39-29)38(32-18-16-30(40-32)25-8-13-28(46-2)14-9-25)26-10-19-33(34(20-26)50-23-37(44)49-5)41(21-35(42)47-3)22-36(43)48-4/h6-20,38-40H,21-23H2,1-5H3. The van der Waals surface area contributed by atoms with Gasteiger partial charge in [-0.05, 0) is 102 Å². The van der Waals surface area contributed by atoms with E-state index in [2.05, 4.69) is 9.97 Å². The molecule has 3 aromatic carbocycles. The molecule has 0 radical (unpaired) electrons. The van der Waals surface area contributed by atoms with E-state index in [1.807, 2.05) is 78.9 Å². The van der Waals surface area contributed by atoms with Crippen LogP contribution in [0.3, 0.4) is 0 Å². The third-order valence-corrected chi connectivity index (χ3v) is 8.17. The second-order valence-electron chi connectivity index (χ2n) is 11.1. The Hall–Kier alpha value is -6.17. The molecule has 5 rings (SSSR count). The van der Waals surface area contributed by atoms with Crippen LogP contribution in [0.1, 0.15) is 22.9 Å². The van der Waals surface area contributed by atoms with Crippen LogP contribution in [0.25, 0.3) is 22.5 Å². The van der Waals surface area contributed by atoms with E-state index in [4.69, 9.17) is 28.4 Å². The Bertz CT molecular complexity index is 1810. The summed E-state index contributed by atoms with van der Waals surface area (Å²) in [6.45, 7) is -0.949. The molecule has 0 aliphatic heterocycles. The lowest BCUT2D eigenvalue weighted by molar-refractivity contribution is -0.143. The quantitative estimate of drug-likeness (QED) is 0.106. The summed E-state index contributed by atoms with van der Waals surface area (Å²) in [6.07, 6.45) is 0. The number of ether oxygens (including phenoxy) is 6. The molecule has 0 spiro atoms. The summed E-state index contributed by atoms with van der Waals surface area (Å²) < 4.78 is 31.2. The van der Waals surface area contributed by atoms with E-state index < -0.39 is 24.5 Å². The first kappa shape index (κ1) is 35.1. The number of benzene rings is 3. The van der Waals surface area contributed by atoms with Crippen LogP contribution in [0.2, 0.25) is 0 Å². The van der Waals surface area contributed by atoms with E-state index in [9.17, 15) is 14.4 Å². The smallest absolute Gasteiger partial charge is 0.343 e. The van der Waals surface area contributed by atoms with Gasteiger partial charge in [-0.2, -0.15) is 0 Å². The van der Waals surface area contributed by atoms with E-state index in [1.165, 1.54) is 26.2 Å². The average Bonchev–Trinajstić information content (AvgIpc) is 3.85. The lowest BCUT2D eigenvalue weighted by atomic mass is 9.92. The first-order valence-corrected chi connectivity index (χ1v) is 15.7. The molecule has 12 nitrogen and oxygen atoms in total. The van der Waals surface area contributed by atoms with Crippen LogP contribution in [0.15, 0.2) is 91.0 Å². The average molecular weight is 682 g/mol. The number of carbonyl (C=O) groups excluding carboxylic acids is 3. The molecular formula is C38H39N3O9. The highest BCUT2D eigenvalue weighted by molar-refractivity contribution is 5.83. The topological polar surface area (TPSA) is 141 Å². The Labute approximate surface area is 289 Å². The van der Waals surface area contributed by atoms with Crippen molar-refractivity contribution in [3.8, 4) is 39.8 Å². The Kier molecular flexibility index (Phi) is 11.4. The highest BCUT2D eigenvalue weighted by Crippen LogP contribution is 2.39. The molecular weight excluding hydrogens is 642 g/mol. The van der Waals surface area contributed by atoms with Gasteiger partial charge in [0.1, 0.15) is 30.3 Å². The molecule has 2 N–H and O–H groups in total. The van der Waals surface area contributed by atoms with Crippen LogP contribution in [0.4, 0.5) is 5.69 Å². The fraction of sp³-hybridized carbons (Fsp3) is 0.237. The van der Waals surface area contributed by atoms with Gasteiger partial charge < -0.3 is 43.3 Å². The van der Waals surface area contributed by atoms with E-state index in [-0.39, 0.29) is 24.8 Å². The van der Waals surface area contributed by atoms with Crippen LogP contribution < -0.4 is 19.1 Å². The first-order valence-electron chi connectivity index (χ1n) is 15.7. The molecule has 0 aliphatic carbocycles. The molecule has 0 amide bonds. The highest BCUT2D eigenvalue weighted by atomic mass is 16.6. The van der Waals surface area contributed by atoms with Crippen LogP contribution in [0, 0.1) is 0 Å². The van der Waals surface area contributed by atoms with Crippen molar-refractivity contribution in [1.82, 2.24) is 9.97 Å². The fourth-order valence-corrected chi connectivity index (χ4v) is 5.52. The van der Waals surface area contributed by atoms with Crippen LogP contribution >= 0.6 is 0 Å². The minimum Gasteiger partial charge on any atom is -0.497 e. The SMILES string of the molecule is COC(=O)COc1cc(C(c2ccc(-c3ccc(OC)cc3)[nH]2)c2ccc(-c3ccc(OC)cc3)[nH]2)ccc1N(CC(=O)OC)CC(=O)OC. The van der Waals surface area contributed by atoms with Crippen molar-refractivity contribution in [1.29, 1.82) is 0 Å². The van der Waals surface area contributed by atoms with Gasteiger partial charge in [0.15, 0.2) is 6.61 Å². The molecule has 0 saturated carbocycles. The van der Waals surface area contributed by atoms with Crippen molar-refractivity contribution < 1.29 is 42.8 Å². The van der Waals surface area contributed by atoms with Crippen molar-refractivity contribution in [2.45, 2.75) is 5.92 Å². The summed E-state index contributed by atoms with van der Waals surface area (Å²) in [5.74, 6) is -0.387. The number of anilines is 1. The zero-order chi connectivity index (χ0) is 35.6. The molecule has 5 aromatic rings. The Balaban J connectivity index is 1.62. The summed E-state index contributed by atoms with van der Waals surface area (Å²) in [4.78, 5) is 45.6. The molecule has 50 heavy (non-hydrogen) atoms. The fourth-order valence-electron chi connectivity index (χ4n) is 5.52. The van der Waals surface area contributed by atoms with Gasteiger partial charge in [-0.3, -0.25) is 9.59 Å². The third-order valence-electron chi connectivity index (χ3n) is 8.17. The Morgan fingerprint density at radius 2 is 1.08 bits per heavy atom. The van der Waals surface area contributed by atoms with Gasteiger partial charge in [0.2, 0.25) is 0 Å². The molecule has 0 saturated heterocycles. The summed E-state index contributed by atoms with van der Waals surface area (Å²) >= 11 is 0. The number of nitrogens with one attached hydrogen (secondary N) is 2. The minimum atomic E-state index is -0.604. The molecule has 0 unspecified atom stereocenters. The third kappa shape index (κ3) is 8.27. The lowest BCUT2D eigenvalue weighted by Gasteiger charge is -2.26. The number of H-pyrrole nitrogens is 2. The van der Waals surface area contributed by atoms with E-state index in [0.29, 0.717) is 5.69 Å².